The molecule has 6 N–H and O–H groups in total. The Morgan fingerprint density at radius 3 is 2.47 bits per heavy atom. The first kappa shape index (κ1) is 57.2. The predicted octanol–water partition coefficient (Wildman–Crippen LogP) is 3.51. The van der Waals surface area contributed by atoms with Gasteiger partial charge in [-0.3, -0.25) is 28.7 Å². The highest BCUT2D eigenvalue weighted by Crippen LogP contribution is 2.34. The lowest BCUT2D eigenvalue weighted by Crippen LogP contribution is -2.59. The van der Waals surface area contributed by atoms with Gasteiger partial charge in [-0.2, -0.15) is 10.4 Å². The summed E-state index contributed by atoms with van der Waals surface area (Å²) in [7, 11) is 4.89. The van der Waals surface area contributed by atoms with Gasteiger partial charge in [-0.25, -0.2) is 14.4 Å². The molecule has 0 aliphatic carbocycles. The highest BCUT2D eigenvalue weighted by Gasteiger charge is 2.45. The minimum atomic E-state index is -0.879. The molecule has 2 aromatic heterocycles. The van der Waals surface area contributed by atoms with Crippen molar-refractivity contribution in [1.29, 1.82) is 5.26 Å². The van der Waals surface area contributed by atoms with Crippen molar-refractivity contribution < 1.29 is 42.6 Å². The molecule has 0 unspecified atom stereocenters. The van der Waals surface area contributed by atoms with Crippen LogP contribution < -0.4 is 31.7 Å². The summed E-state index contributed by atoms with van der Waals surface area (Å²) in [5.74, 6) is -2.17. The van der Waals surface area contributed by atoms with Crippen LogP contribution >= 0.6 is 0 Å². The molecule has 2 bridgehead atoms. The third kappa shape index (κ3) is 14.4. The molecule has 4 heterocycles. The normalized spacial score (nSPS) is 17.8. The van der Waals surface area contributed by atoms with Crippen molar-refractivity contribution in [2.24, 2.45) is 5.41 Å². The number of hydrogen-bond donors (Lipinski definition) is 5. The Morgan fingerprint density at radius 2 is 1.79 bits per heavy atom. The van der Waals surface area contributed by atoms with Crippen molar-refractivity contribution in [1.82, 2.24) is 55.7 Å². The van der Waals surface area contributed by atoms with Crippen LogP contribution in [-0.4, -0.2) is 155 Å². The van der Waals surface area contributed by atoms with Crippen LogP contribution in [-0.2, 0) is 41.7 Å². The number of nitriles is 1. The van der Waals surface area contributed by atoms with Gasteiger partial charge < -0.3 is 55.9 Å². The molecule has 2 aliphatic rings. The number of nitrogens with one attached hydrogen (secondary N) is 4. The lowest BCUT2D eigenvalue weighted by Gasteiger charge is -2.36. The first-order valence-electron chi connectivity index (χ1n) is 25.4. The topological polar surface area (TPSA) is 264 Å². The molecule has 2 aliphatic heterocycles. The zero-order valence-electron chi connectivity index (χ0n) is 44.4. The number of carbonyl (C=O) groups excluding carboxylic acids is 5. The fourth-order valence-electron chi connectivity index (χ4n) is 8.99. The van der Waals surface area contributed by atoms with Gasteiger partial charge in [0.05, 0.1) is 81.2 Å². The molecular weight excluding hydrogens is 966 g/mol. The molecule has 75 heavy (non-hydrogen) atoms. The first-order valence-corrected chi connectivity index (χ1v) is 25.4. The summed E-state index contributed by atoms with van der Waals surface area (Å²) in [4.78, 5) is 81.8. The molecule has 0 radical (unpaired) electrons. The van der Waals surface area contributed by atoms with E-state index in [0.29, 0.717) is 42.8 Å². The van der Waals surface area contributed by atoms with Crippen molar-refractivity contribution in [2.45, 2.75) is 110 Å². The van der Waals surface area contributed by atoms with Gasteiger partial charge in [0.15, 0.2) is 5.82 Å². The summed E-state index contributed by atoms with van der Waals surface area (Å²) in [5, 5.41) is 27.6. The number of fused-ring (bicyclic) bond motifs is 5. The monoisotopic (exact) mass is 1040 g/mol. The van der Waals surface area contributed by atoms with Gasteiger partial charge in [0.1, 0.15) is 35.8 Å². The average molecular weight is 1040 g/mol. The Labute approximate surface area is 438 Å². The lowest BCUT2D eigenvalue weighted by molar-refractivity contribution is -0.144. The van der Waals surface area contributed by atoms with Crippen LogP contribution in [0.1, 0.15) is 106 Å². The molecular formula is C53H72FN13O8. The van der Waals surface area contributed by atoms with Gasteiger partial charge in [-0.15, -0.1) is 0 Å². The molecule has 6 atom stereocenters. The summed E-state index contributed by atoms with van der Waals surface area (Å²) < 4.78 is 33.5. The third-order valence-electron chi connectivity index (χ3n) is 13.5. The van der Waals surface area contributed by atoms with Gasteiger partial charge in [0.2, 0.25) is 23.6 Å². The fraction of sp³-hybridized carbons (Fsp3) is 0.528. The second-order valence-electron chi connectivity index (χ2n) is 20.0. The molecule has 5 amide bonds. The van der Waals surface area contributed by atoms with E-state index in [4.69, 9.17) is 25.0 Å². The van der Waals surface area contributed by atoms with Crippen LogP contribution in [0.2, 0.25) is 0 Å². The second-order valence-corrected chi connectivity index (χ2v) is 20.0. The average Bonchev–Trinajstić information content (AvgIpc) is 3.98. The Balaban J connectivity index is 0.985. The van der Waals surface area contributed by atoms with E-state index in [1.165, 1.54) is 38.9 Å². The zero-order valence-corrected chi connectivity index (χ0v) is 44.4. The van der Waals surface area contributed by atoms with Crippen molar-refractivity contribution in [3.63, 3.8) is 0 Å². The van der Waals surface area contributed by atoms with Gasteiger partial charge in [-0.1, -0.05) is 58.0 Å². The maximum absolute atomic E-state index is 14.4. The smallest absolute Gasteiger partial charge is 0.258 e. The number of halogens is 1. The van der Waals surface area contributed by atoms with E-state index >= 15 is 0 Å². The Hall–Kier alpha value is -7.06. The predicted molar refractivity (Wildman–Crippen MR) is 277 cm³/mol. The number of amides is 5. The molecule has 0 spiro atoms. The number of nitrogens with two attached hydrogens (primary N) is 1. The van der Waals surface area contributed by atoms with E-state index in [9.17, 15) is 33.6 Å². The summed E-state index contributed by atoms with van der Waals surface area (Å²) in [6.45, 7) is 13.0. The number of anilines is 1. The Morgan fingerprint density at radius 1 is 1.07 bits per heavy atom. The van der Waals surface area contributed by atoms with Crippen LogP contribution in [0.4, 0.5) is 10.2 Å². The largest absolute Gasteiger partial charge is 0.467 e. The number of likely N-dealkylation sites (tertiary alicyclic amines) is 1. The van der Waals surface area contributed by atoms with Gasteiger partial charge in [0, 0.05) is 50.9 Å². The van der Waals surface area contributed by atoms with Crippen LogP contribution in [0, 0.1) is 22.6 Å². The second kappa shape index (κ2) is 25.9. The number of hydrogen-bond acceptors (Lipinski definition) is 15. The molecule has 404 valence electrons. The molecule has 0 saturated carbocycles. The minimum Gasteiger partial charge on any atom is -0.467 e. The molecule has 1 saturated heterocycles. The van der Waals surface area contributed by atoms with Gasteiger partial charge in [0.25, 0.3) is 11.8 Å². The summed E-state index contributed by atoms with van der Waals surface area (Å²) >= 11 is 0. The Kier molecular flexibility index (Phi) is 19.8. The zero-order chi connectivity index (χ0) is 54.6. The molecule has 6 rings (SSSR count). The Bertz CT molecular complexity index is 2690. The molecule has 4 aromatic rings. The van der Waals surface area contributed by atoms with E-state index in [-0.39, 0.29) is 117 Å². The van der Waals surface area contributed by atoms with Crippen LogP contribution in [0.3, 0.4) is 0 Å². The maximum atomic E-state index is 14.4. The number of ether oxygens (including phenoxy) is 3. The number of carbonyl (C=O) groups is 5. The third-order valence-corrected chi connectivity index (χ3v) is 13.5. The molecule has 21 nitrogen and oxygen atoms in total. The lowest BCUT2D eigenvalue weighted by atomic mass is 9.85. The van der Waals surface area contributed by atoms with Crippen molar-refractivity contribution in [3.8, 4) is 23.2 Å². The summed E-state index contributed by atoms with van der Waals surface area (Å²) in [6.07, 6.45) is 1.66. The maximum Gasteiger partial charge on any atom is 0.258 e. The van der Waals surface area contributed by atoms with Crippen LogP contribution in [0.5, 0.6) is 5.88 Å². The van der Waals surface area contributed by atoms with Crippen molar-refractivity contribution >= 4 is 35.4 Å². The standard InChI is InChI=1S/C53H72FN13O8/c1-10-39(34-14-12-11-13-15-34)60-49(70)42-27-36(30-66(42)52(72)46(53(4,5)6)62-48(69)32(2)57-7)58-19-23-74-25-24-73-22-18-44(68)64(8)20-21-67-43(28-55)45-40-29-59-47(56)50(61-40)75-33(3)38-26-35(54)16-17-37(38)51(71)65(9)31-41(45)63-67/h11-17,26,29,32-33,36,39,42,46,57-58H,10,18-25,27,30-31H2,1-9H3,(H2,56,59)(H,60,70)(H,62,69)/t32-,33+,36-,39+,42-,46+/m0/s1. The quantitative estimate of drug-likeness (QED) is 0.0748. The van der Waals surface area contributed by atoms with Crippen molar-refractivity contribution in [2.75, 3.05) is 72.9 Å². The molecule has 1 fully saturated rings. The van der Waals surface area contributed by atoms with Crippen LogP contribution in [0.25, 0.3) is 11.3 Å². The van der Waals surface area contributed by atoms with E-state index in [2.05, 4.69) is 37.3 Å². The van der Waals surface area contributed by atoms with E-state index in [1.54, 1.807) is 39.9 Å². The summed E-state index contributed by atoms with van der Waals surface area (Å²) in [6, 6.07) is 13.1. The summed E-state index contributed by atoms with van der Waals surface area (Å²) in [5.41, 5.74) is 7.99. The first-order chi connectivity index (χ1) is 35.7. The number of benzene rings is 2. The number of aromatic nitrogens is 4. The SMILES string of the molecule is CC[C@@H](NC(=O)[C@@H]1C[C@H](NCCOCCOCCC(=O)N(C)CCn2nc3c(c2C#N)-c2cnc(N)c(n2)O[C@H](C)c2cc(F)ccc2C(=O)N(C)C3)CN1C(=O)[C@@H](NC(=O)[C@H](C)NC)C(C)(C)C)c1ccccc1. The highest BCUT2D eigenvalue weighted by molar-refractivity contribution is 5.96. The minimum absolute atomic E-state index is 0.0363. The number of nitrogen functional groups attached to an aromatic ring is 1. The number of likely N-dealkylation sites (N-methyl/N-ethyl adjacent to an activating group) is 2. The molecule has 22 heteroatoms. The molecule has 2 aromatic carbocycles. The van der Waals surface area contributed by atoms with Gasteiger partial charge >= 0.3 is 0 Å². The van der Waals surface area contributed by atoms with Gasteiger partial charge in [-0.05, 0) is 62.9 Å². The number of rotatable bonds is 21. The van der Waals surface area contributed by atoms with Crippen molar-refractivity contribution in [3.05, 3.63) is 88.6 Å². The number of nitrogens with zero attached hydrogens (tertiary/aromatic N) is 8. The fourth-order valence-corrected chi connectivity index (χ4v) is 8.99. The van der Waals surface area contributed by atoms with E-state index < -0.39 is 41.4 Å². The highest BCUT2D eigenvalue weighted by atomic mass is 19.1. The van der Waals surface area contributed by atoms with E-state index in [0.717, 1.165) is 5.56 Å². The van der Waals surface area contributed by atoms with E-state index in [1.807, 2.05) is 58.0 Å². The van der Waals surface area contributed by atoms with Crippen LogP contribution in [0.15, 0.2) is 54.7 Å².